The monoisotopic (exact) mass is 275 g/mol. The lowest BCUT2D eigenvalue weighted by atomic mass is 10.1. The molecule has 0 saturated carbocycles. The summed E-state index contributed by atoms with van der Waals surface area (Å²) in [6.45, 7) is 2.66. The predicted octanol–water partition coefficient (Wildman–Crippen LogP) is 2.34. The molecule has 1 unspecified atom stereocenters. The average molecular weight is 276 g/mol. The number of hydrogen-bond acceptors (Lipinski definition) is 2. The molecule has 2 amide bonds. The van der Waals surface area contributed by atoms with Crippen molar-refractivity contribution < 1.29 is 9.59 Å². The number of imide groups is 1. The molecule has 0 N–H and O–H groups in total. The molecule has 0 aromatic heterocycles. The van der Waals surface area contributed by atoms with Gasteiger partial charge >= 0.3 is 0 Å². The van der Waals surface area contributed by atoms with E-state index in [4.69, 9.17) is 0 Å². The molecule has 0 spiro atoms. The van der Waals surface area contributed by atoms with Crippen LogP contribution < -0.4 is 0 Å². The van der Waals surface area contributed by atoms with E-state index in [9.17, 15) is 9.59 Å². The Morgan fingerprint density at radius 1 is 1.27 bits per heavy atom. The number of nitrogens with zero attached hydrogens (tertiary/aromatic N) is 1. The van der Waals surface area contributed by atoms with Gasteiger partial charge in [0.25, 0.3) is 0 Å². The van der Waals surface area contributed by atoms with E-state index in [0.29, 0.717) is 25.3 Å². The normalized spacial score (nSPS) is 20.3. The molecule has 0 radical (unpaired) electrons. The highest BCUT2D eigenvalue weighted by Crippen LogP contribution is 2.16. The molecule has 1 saturated heterocycles. The Morgan fingerprint density at radius 2 is 1.80 bits per heavy atom. The van der Waals surface area contributed by atoms with E-state index >= 15 is 0 Å². The summed E-state index contributed by atoms with van der Waals surface area (Å²) < 4.78 is 0. The average Bonchev–Trinajstić information content (AvgIpc) is 2.39. The summed E-state index contributed by atoms with van der Waals surface area (Å²) in [7, 11) is 0. The maximum Gasteiger partial charge on any atom is 0.229 e. The van der Waals surface area contributed by atoms with Crippen molar-refractivity contribution in [3.63, 3.8) is 0 Å². The van der Waals surface area contributed by atoms with Crippen molar-refractivity contribution in [1.82, 2.24) is 4.90 Å². The molecule has 1 rings (SSSR count). The van der Waals surface area contributed by atoms with Crippen LogP contribution in [0.15, 0.2) is 0 Å². The Balaban J connectivity index is 2.62. The van der Waals surface area contributed by atoms with Crippen LogP contribution in [-0.4, -0.2) is 28.6 Å². The molecule has 4 heteroatoms. The summed E-state index contributed by atoms with van der Waals surface area (Å²) in [5.41, 5.74) is 0. The molecule has 0 aliphatic carbocycles. The maximum absolute atomic E-state index is 11.7. The van der Waals surface area contributed by atoms with Gasteiger partial charge in [0.05, 0.1) is 0 Å². The highest BCUT2D eigenvalue weighted by molar-refractivity contribution is 9.09. The summed E-state index contributed by atoms with van der Waals surface area (Å²) in [6.07, 6.45) is 3.76. The molecule has 1 aliphatic rings. The quantitative estimate of drug-likeness (QED) is 0.584. The Kier molecular flexibility index (Phi) is 5.29. The zero-order chi connectivity index (χ0) is 11.3. The van der Waals surface area contributed by atoms with E-state index in [2.05, 4.69) is 22.9 Å². The molecule has 1 heterocycles. The van der Waals surface area contributed by atoms with Crippen LogP contribution in [0.1, 0.15) is 39.0 Å². The molecule has 1 fully saturated rings. The van der Waals surface area contributed by atoms with Gasteiger partial charge in [-0.3, -0.25) is 14.5 Å². The second kappa shape index (κ2) is 6.26. The van der Waals surface area contributed by atoms with Crippen LogP contribution in [0, 0.1) is 5.92 Å². The smallest absolute Gasteiger partial charge is 0.229 e. The maximum atomic E-state index is 11.7. The lowest BCUT2D eigenvalue weighted by Gasteiger charge is -2.23. The molecular formula is C11H18BrNO2. The van der Waals surface area contributed by atoms with E-state index in [0.717, 1.165) is 24.6 Å². The predicted molar refractivity (Wildman–Crippen MR) is 62.8 cm³/mol. The van der Waals surface area contributed by atoms with Gasteiger partial charge in [-0.1, -0.05) is 29.3 Å². The van der Waals surface area contributed by atoms with Crippen LogP contribution >= 0.6 is 15.9 Å². The van der Waals surface area contributed by atoms with Crippen molar-refractivity contribution in [2.24, 2.45) is 5.92 Å². The zero-order valence-corrected chi connectivity index (χ0v) is 10.8. The Labute approximate surface area is 99.3 Å². The summed E-state index contributed by atoms with van der Waals surface area (Å²) >= 11 is 3.41. The standard InChI is InChI=1S/C11H18BrNO2/c1-2-9(7-12)8-13-10(14)5-3-4-6-11(13)15/h9H,2-8H2,1H3. The van der Waals surface area contributed by atoms with Crippen LogP contribution in [0.4, 0.5) is 0 Å². The van der Waals surface area contributed by atoms with Crippen molar-refractivity contribution in [2.75, 3.05) is 11.9 Å². The molecule has 0 aromatic carbocycles. The summed E-state index contributed by atoms with van der Waals surface area (Å²) in [5, 5.41) is 0.848. The minimum atomic E-state index is 0.0110. The number of rotatable bonds is 4. The van der Waals surface area contributed by atoms with Gasteiger partial charge in [-0.15, -0.1) is 0 Å². The van der Waals surface area contributed by atoms with Gasteiger partial charge in [0.15, 0.2) is 0 Å². The van der Waals surface area contributed by atoms with Gasteiger partial charge in [-0.2, -0.15) is 0 Å². The van der Waals surface area contributed by atoms with E-state index < -0.39 is 0 Å². The van der Waals surface area contributed by atoms with Crippen LogP contribution in [0.2, 0.25) is 0 Å². The molecule has 86 valence electrons. The topological polar surface area (TPSA) is 37.4 Å². The van der Waals surface area contributed by atoms with Crippen molar-refractivity contribution in [2.45, 2.75) is 39.0 Å². The number of hydrogen-bond donors (Lipinski definition) is 0. The molecule has 0 bridgehead atoms. The molecule has 1 aliphatic heterocycles. The second-order valence-electron chi connectivity index (χ2n) is 4.03. The van der Waals surface area contributed by atoms with Crippen LogP contribution in [-0.2, 0) is 9.59 Å². The molecule has 1 atom stereocenters. The highest BCUT2D eigenvalue weighted by Gasteiger charge is 2.25. The van der Waals surface area contributed by atoms with Crippen molar-refractivity contribution in [1.29, 1.82) is 0 Å². The van der Waals surface area contributed by atoms with Crippen LogP contribution in [0.5, 0.6) is 0 Å². The van der Waals surface area contributed by atoms with Gasteiger partial charge in [-0.25, -0.2) is 0 Å². The first-order chi connectivity index (χ1) is 7.19. The van der Waals surface area contributed by atoms with Crippen LogP contribution in [0.25, 0.3) is 0 Å². The first kappa shape index (κ1) is 12.7. The van der Waals surface area contributed by atoms with Gasteiger partial charge in [-0.05, 0) is 18.8 Å². The summed E-state index contributed by atoms with van der Waals surface area (Å²) in [6, 6.07) is 0. The lowest BCUT2D eigenvalue weighted by Crippen LogP contribution is -2.39. The first-order valence-electron chi connectivity index (χ1n) is 5.58. The lowest BCUT2D eigenvalue weighted by molar-refractivity contribution is -0.144. The number of alkyl halides is 1. The minimum Gasteiger partial charge on any atom is -0.282 e. The Morgan fingerprint density at radius 3 is 2.20 bits per heavy atom. The van der Waals surface area contributed by atoms with Crippen molar-refractivity contribution in [3.05, 3.63) is 0 Å². The third-order valence-corrected chi connectivity index (χ3v) is 3.79. The molecule has 3 nitrogen and oxygen atoms in total. The van der Waals surface area contributed by atoms with E-state index in [1.165, 1.54) is 4.90 Å². The minimum absolute atomic E-state index is 0.0110. The van der Waals surface area contributed by atoms with Gasteiger partial charge < -0.3 is 0 Å². The van der Waals surface area contributed by atoms with Crippen molar-refractivity contribution in [3.8, 4) is 0 Å². The fraction of sp³-hybridized carbons (Fsp3) is 0.818. The summed E-state index contributed by atoms with van der Waals surface area (Å²) in [4.78, 5) is 24.8. The summed E-state index contributed by atoms with van der Waals surface area (Å²) in [5.74, 6) is 0.407. The fourth-order valence-electron chi connectivity index (χ4n) is 1.71. The highest BCUT2D eigenvalue weighted by atomic mass is 79.9. The van der Waals surface area contributed by atoms with Crippen molar-refractivity contribution >= 4 is 27.7 Å². The van der Waals surface area contributed by atoms with Gasteiger partial charge in [0.2, 0.25) is 11.8 Å². The number of amides is 2. The van der Waals surface area contributed by atoms with E-state index in [1.54, 1.807) is 0 Å². The SMILES string of the molecule is CCC(CBr)CN1C(=O)CCCCC1=O. The Hall–Kier alpha value is -0.380. The number of halogens is 1. The van der Waals surface area contributed by atoms with E-state index in [-0.39, 0.29) is 11.8 Å². The first-order valence-corrected chi connectivity index (χ1v) is 6.70. The zero-order valence-electron chi connectivity index (χ0n) is 9.17. The van der Waals surface area contributed by atoms with E-state index in [1.807, 2.05) is 0 Å². The molecule has 0 aromatic rings. The molecule has 15 heavy (non-hydrogen) atoms. The van der Waals surface area contributed by atoms with Crippen LogP contribution in [0.3, 0.4) is 0 Å². The number of carbonyl (C=O) groups excluding carboxylic acids is 2. The number of likely N-dealkylation sites (tertiary alicyclic amines) is 1. The van der Waals surface area contributed by atoms with Gasteiger partial charge in [0, 0.05) is 24.7 Å². The third kappa shape index (κ3) is 3.59. The fourth-order valence-corrected chi connectivity index (χ4v) is 2.37. The van der Waals surface area contributed by atoms with Gasteiger partial charge in [0.1, 0.15) is 0 Å². The third-order valence-electron chi connectivity index (χ3n) is 2.87. The second-order valence-corrected chi connectivity index (χ2v) is 4.68. The Bertz CT molecular complexity index is 221. The number of carbonyl (C=O) groups is 2. The molecular weight excluding hydrogens is 258 g/mol. The largest absolute Gasteiger partial charge is 0.282 e.